The first-order chi connectivity index (χ1) is 37.9. The lowest BCUT2D eigenvalue weighted by molar-refractivity contribution is -0.870. The highest BCUT2D eigenvalue weighted by Gasteiger charge is 2.30. The predicted octanol–water partition coefficient (Wildman–Crippen LogP) is 19.5. The van der Waals surface area contributed by atoms with Gasteiger partial charge in [-0.1, -0.05) is 252 Å². The number of nitrogens with one attached hydrogen (secondary N) is 1. The minimum atomic E-state index is -4.46. The summed E-state index contributed by atoms with van der Waals surface area (Å²) in [6.07, 6.45) is 79.2. The van der Waals surface area contributed by atoms with Crippen molar-refractivity contribution in [2.24, 2.45) is 0 Å². The zero-order valence-electron chi connectivity index (χ0n) is 50.9. The number of carbonyl (C=O) groups excluding carboxylic acids is 2. The van der Waals surface area contributed by atoms with Gasteiger partial charge in [0, 0.05) is 12.8 Å². The Balaban J connectivity index is 5.15. The fraction of sp³-hybridized carbons (Fsp3) is 0.676. The summed E-state index contributed by atoms with van der Waals surface area (Å²) in [4.78, 5) is 37.7. The normalized spacial score (nSPS) is 14.5. The number of carbonyl (C=O) groups is 2. The number of esters is 1. The highest BCUT2D eigenvalue weighted by molar-refractivity contribution is 7.47. The van der Waals surface area contributed by atoms with Crippen LogP contribution in [0.3, 0.4) is 0 Å². The Morgan fingerprint density at radius 1 is 0.474 bits per heavy atom. The monoisotopic (exact) mass is 1110 g/mol. The van der Waals surface area contributed by atoms with Gasteiger partial charge >= 0.3 is 13.8 Å². The molecule has 0 aliphatic carbocycles. The molecule has 0 aromatic heterocycles. The molecule has 0 spiro atoms. The number of likely N-dealkylation sites (N-methyl/N-ethyl adjacent to an activating group) is 1. The lowest BCUT2D eigenvalue weighted by Gasteiger charge is -2.27. The van der Waals surface area contributed by atoms with Gasteiger partial charge in [0.25, 0.3) is 0 Å². The maximum absolute atomic E-state index is 13.5. The van der Waals surface area contributed by atoms with Crippen molar-refractivity contribution < 1.29 is 37.3 Å². The minimum absolute atomic E-state index is 0.0283. The molecule has 9 nitrogen and oxygen atoms in total. The summed E-state index contributed by atoms with van der Waals surface area (Å²) in [6, 6.07) is -0.870. The van der Waals surface area contributed by atoms with E-state index in [1.165, 1.54) is 77.0 Å². The third kappa shape index (κ3) is 57.1. The molecule has 446 valence electrons. The van der Waals surface area contributed by atoms with E-state index in [4.69, 9.17) is 13.8 Å². The lowest BCUT2D eigenvalue weighted by atomic mass is 10.0. The predicted molar refractivity (Wildman–Crippen MR) is 336 cm³/mol. The molecule has 0 fully saturated rings. The number of rotatable bonds is 55. The first kappa shape index (κ1) is 74.4. The summed E-state index contributed by atoms with van der Waals surface area (Å²) in [7, 11) is 1.46. The van der Waals surface area contributed by atoms with Crippen LogP contribution in [0.4, 0.5) is 0 Å². The van der Waals surface area contributed by atoms with Gasteiger partial charge in [-0.05, 0) is 102 Å². The van der Waals surface area contributed by atoms with Crippen LogP contribution in [0.15, 0.2) is 122 Å². The minimum Gasteiger partial charge on any atom is -0.456 e. The number of phosphoric acid groups is 1. The van der Waals surface area contributed by atoms with E-state index in [2.05, 4.69) is 129 Å². The van der Waals surface area contributed by atoms with Gasteiger partial charge in [0.05, 0.1) is 33.8 Å². The number of phosphoric ester groups is 1. The van der Waals surface area contributed by atoms with Crippen LogP contribution < -0.4 is 5.32 Å². The first-order valence-electron chi connectivity index (χ1n) is 31.4. The molecule has 0 heterocycles. The highest BCUT2D eigenvalue weighted by atomic mass is 31.2. The third-order valence-corrected chi connectivity index (χ3v) is 14.2. The Morgan fingerprint density at radius 2 is 0.885 bits per heavy atom. The van der Waals surface area contributed by atoms with Crippen LogP contribution in [0.5, 0.6) is 0 Å². The molecule has 3 atom stereocenters. The smallest absolute Gasteiger partial charge is 0.456 e. The second-order valence-corrected chi connectivity index (χ2v) is 23.3. The molecule has 0 aliphatic rings. The zero-order valence-corrected chi connectivity index (χ0v) is 51.8. The quantitative estimate of drug-likeness (QED) is 0.0156. The molecule has 2 N–H and O–H groups in total. The fourth-order valence-electron chi connectivity index (χ4n) is 8.41. The number of ether oxygens (including phenoxy) is 1. The fourth-order valence-corrected chi connectivity index (χ4v) is 9.15. The van der Waals surface area contributed by atoms with Crippen molar-refractivity contribution in [1.29, 1.82) is 0 Å². The van der Waals surface area contributed by atoms with Gasteiger partial charge < -0.3 is 19.4 Å². The third-order valence-electron chi connectivity index (χ3n) is 13.2. The number of unbranched alkanes of at least 4 members (excludes halogenated alkanes) is 23. The maximum Gasteiger partial charge on any atom is 0.472 e. The number of hydrogen-bond acceptors (Lipinski definition) is 6. The summed E-state index contributed by atoms with van der Waals surface area (Å²) in [5.74, 6) is -0.546. The van der Waals surface area contributed by atoms with Crippen molar-refractivity contribution in [3.63, 3.8) is 0 Å². The SMILES string of the molecule is CC/C=C\C/C=C\C/C=C\C/C=C\C/C=C\C/C=C\CCCCCCCCCCC(=O)OC(/C=C\CCCCCCCCCCCC)C(COP(=O)(O)OCC[N+](C)(C)C)NC(=O)CCCCCCC\C=C/C=C/C=C/CC. The molecule has 0 saturated heterocycles. The van der Waals surface area contributed by atoms with Gasteiger partial charge in [-0.2, -0.15) is 0 Å². The van der Waals surface area contributed by atoms with Gasteiger partial charge in [0.15, 0.2) is 0 Å². The van der Waals surface area contributed by atoms with Gasteiger partial charge in [-0.3, -0.25) is 18.6 Å². The Bertz CT molecular complexity index is 1750. The van der Waals surface area contributed by atoms with Gasteiger partial charge in [-0.25, -0.2) is 4.57 Å². The van der Waals surface area contributed by atoms with Crippen LogP contribution in [0.2, 0.25) is 0 Å². The van der Waals surface area contributed by atoms with Crippen LogP contribution >= 0.6 is 7.82 Å². The van der Waals surface area contributed by atoms with E-state index >= 15 is 0 Å². The van der Waals surface area contributed by atoms with E-state index < -0.39 is 20.0 Å². The van der Waals surface area contributed by atoms with E-state index in [9.17, 15) is 19.0 Å². The molecule has 0 saturated carbocycles. The number of hydrogen-bond donors (Lipinski definition) is 2. The van der Waals surface area contributed by atoms with Crippen molar-refractivity contribution in [2.75, 3.05) is 40.9 Å². The second-order valence-electron chi connectivity index (χ2n) is 21.9. The topological polar surface area (TPSA) is 111 Å². The largest absolute Gasteiger partial charge is 0.472 e. The molecule has 10 heteroatoms. The average molecular weight is 1110 g/mol. The second kappa shape index (κ2) is 56.7. The Kier molecular flexibility index (Phi) is 54.1. The van der Waals surface area contributed by atoms with Crippen LogP contribution in [0.25, 0.3) is 0 Å². The molecule has 0 aliphatic heterocycles. The zero-order chi connectivity index (χ0) is 57.2. The lowest BCUT2D eigenvalue weighted by Crippen LogP contribution is -2.47. The molecule has 78 heavy (non-hydrogen) atoms. The summed E-state index contributed by atoms with van der Waals surface area (Å²) >= 11 is 0. The number of allylic oxidation sites excluding steroid dienone is 19. The van der Waals surface area contributed by atoms with Crippen molar-refractivity contribution in [2.45, 2.75) is 258 Å². The van der Waals surface area contributed by atoms with E-state index in [0.29, 0.717) is 17.4 Å². The van der Waals surface area contributed by atoms with Crippen molar-refractivity contribution in [1.82, 2.24) is 5.32 Å². The van der Waals surface area contributed by atoms with E-state index in [1.807, 2.05) is 39.4 Å². The van der Waals surface area contributed by atoms with Crippen LogP contribution in [0, 0.1) is 0 Å². The molecule has 0 rings (SSSR count). The van der Waals surface area contributed by atoms with E-state index in [1.54, 1.807) is 0 Å². The Morgan fingerprint density at radius 3 is 1.37 bits per heavy atom. The van der Waals surface area contributed by atoms with E-state index in [0.717, 1.165) is 135 Å². The number of amides is 1. The van der Waals surface area contributed by atoms with Crippen molar-refractivity contribution in [3.05, 3.63) is 122 Å². The molecular weight excluding hydrogens is 988 g/mol. The van der Waals surface area contributed by atoms with Crippen LogP contribution in [-0.2, 0) is 27.9 Å². The number of quaternary nitrogens is 1. The summed E-state index contributed by atoms with van der Waals surface area (Å²) in [5, 5.41) is 3.03. The maximum atomic E-state index is 13.5. The molecule has 0 aromatic carbocycles. The van der Waals surface area contributed by atoms with Gasteiger partial charge in [-0.15, -0.1) is 0 Å². The van der Waals surface area contributed by atoms with Gasteiger partial charge in [0.1, 0.15) is 19.3 Å². The summed E-state index contributed by atoms with van der Waals surface area (Å²) < 4.78 is 30.6. The van der Waals surface area contributed by atoms with Gasteiger partial charge in [0.2, 0.25) is 5.91 Å². The highest BCUT2D eigenvalue weighted by Crippen LogP contribution is 2.43. The van der Waals surface area contributed by atoms with Crippen LogP contribution in [0.1, 0.15) is 245 Å². The Labute approximate surface area is 480 Å². The molecule has 0 radical (unpaired) electrons. The molecule has 0 aromatic rings. The summed E-state index contributed by atoms with van der Waals surface area (Å²) in [6.45, 7) is 6.73. The average Bonchev–Trinajstić information content (AvgIpc) is 3.40. The molecule has 3 unspecified atom stereocenters. The standard InChI is InChI=1S/C68H117N2O7P/c1-7-10-13-16-19-22-25-28-29-30-31-32-33-34-35-36-37-38-39-40-41-43-46-49-52-55-58-61-68(72)77-66(59-56-53-50-47-44-27-24-21-18-15-12-9-3)65(64-76-78(73,74)75-63-62-70(4,5)6)69-67(71)60-57-54-51-48-45-42-26-23-20-17-14-11-8-2/h10-11,13-14,17,19-20,22-23,26,28-29,31-32,34-35,37-38,56,59,65-66H,7-9,12,15-16,18,21,24-25,27,30,33,36,39-55,57-58,60-64H2,1-6H3,(H-,69,71,73,74)/p+1/b13-10-,14-11+,20-17+,22-19-,26-23-,29-28-,32-31-,35-34-,38-37-,59-56-. The Hall–Kier alpha value is -3.59. The summed E-state index contributed by atoms with van der Waals surface area (Å²) in [5.41, 5.74) is 0. The van der Waals surface area contributed by atoms with Crippen LogP contribution in [-0.4, -0.2) is 74.3 Å². The first-order valence-corrected chi connectivity index (χ1v) is 32.9. The molecular formula is C68H118N2O7P+. The molecule has 1 amide bonds. The van der Waals surface area contributed by atoms with Crippen molar-refractivity contribution >= 4 is 19.7 Å². The van der Waals surface area contributed by atoms with Crippen molar-refractivity contribution in [3.8, 4) is 0 Å². The number of nitrogens with zero attached hydrogens (tertiary/aromatic N) is 1. The van der Waals surface area contributed by atoms with E-state index in [-0.39, 0.29) is 31.5 Å². The molecule has 0 bridgehead atoms.